The molecular formula is C50H77Cl3N12O12P2. The molecule has 6 rings (SSSR count). The van der Waals surface area contributed by atoms with Gasteiger partial charge in [0.15, 0.2) is 22.9 Å². The molecule has 0 bridgehead atoms. The Bertz CT molecular complexity index is 2830. The van der Waals surface area contributed by atoms with Crippen LogP contribution in [0.4, 0.5) is 11.6 Å². The van der Waals surface area contributed by atoms with Gasteiger partial charge in [-0.2, -0.15) is 0 Å². The van der Waals surface area contributed by atoms with E-state index >= 15 is 0 Å². The zero-order valence-electron chi connectivity index (χ0n) is 45.9. The standard InChI is InChI=1S/C25H36ClN6O5P.C10H21NO2.C9H14N5O4P.C6H5ClO.ClH/c1-5-6-7-8-13-35-24(33)25(3,4)31-38(34,37-20-11-9-19(26)10-12-20)17-36-18(2)14-32-16-30-21-22(27)28-15-29-23(21)32;1-4-5-6-7-8-13-9(12)10(2,3)11;1-6(18-5-19(15,16)17)2-14-4-13-7-8(10)11-3-12-9(7)14;7-5-1-3-6(8)4-2-5;/h9-12,15-16,18H,5-8,13-14,17H2,1-4H3,(H,31,34)(H2,27,28,29);4-8,11H2,1-3H3;3-4,6H,2,5H2,1H3,(H2,10,11,12)(H2,15,16,17);1-4,8H;1H/t18-,38?;;6-;;/m1.1../s1. The summed E-state index contributed by atoms with van der Waals surface area (Å²) < 4.78 is 55.5. The van der Waals surface area contributed by atoms with Crippen LogP contribution in [0.15, 0.2) is 73.8 Å². The Labute approximate surface area is 477 Å². The number of aromatic nitrogens is 8. The predicted octanol–water partition coefficient (Wildman–Crippen LogP) is 9.45. The van der Waals surface area contributed by atoms with Crippen molar-refractivity contribution >= 4 is 96.6 Å². The maximum absolute atomic E-state index is 14.0. The van der Waals surface area contributed by atoms with Crippen LogP contribution in [0, 0.1) is 0 Å². The lowest BCUT2D eigenvalue weighted by molar-refractivity contribution is -0.150. The Morgan fingerprint density at radius 2 is 1.10 bits per heavy atom. The number of aromatic hydroxyl groups is 1. The van der Waals surface area contributed by atoms with Gasteiger partial charge in [0.1, 0.15) is 59.0 Å². The van der Waals surface area contributed by atoms with E-state index in [4.69, 9.17) is 78.8 Å². The summed E-state index contributed by atoms with van der Waals surface area (Å²) >= 11 is 11.5. The van der Waals surface area contributed by atoms with E-state index in [0.717, 1.165) is 38.5 Å². The van der Waals surface area contributed by atoms with Crippen molar-refractivity contribution in [2.75, 3.05) is 37.4 Å². The molecule has 0 amide bonds. The van der Waals surface area contributed by atoms with E-state index < -0.39 is 50.7 Å². The van der Waals surface area contributed by atoms with E-state index in [1.54, 1.807) is 98.6 Å². The van der Waals surface area contributed by atoms with Gasteiger partial charge in [-0.3, -0.25) is 18.7 Å². The number of imidazole rings is 2. The highest BCUT2D eigenvalue weighted by Crippen LogP contribution is 2.46. The predicted molar refractivity (Wildman–Crippen MR) is 308 cm³/mol. The fourth-order valence-electron chi connectivity index (χ4n) is 6.59. The minimum atomic E-state index is -4.16. The Morgan fingerprint density at radius 3 is 1.52 bits per heavy atom. The highest BCUT2D eigenvalue weighted by atomic mass is 35.5. The van der Waals surface area contributed by atoms with Crippen LogP contribution in [0.5, 0.6) is 11.5 Å². The number of phenolic OH excluding ortho intramolecular Hbond substituents is 1. The van der Waals surface area contributed by atoms with Crippen LogP contribution < -0.4 is 26.8 Å². The smallest absolute Gasteiger partial charge is 0.350 e. The summed E-state index contributed by atoms with van der Waals surface area (Å²) in [6.07, 6.45) is 12.4. The molecule has 4 aromatic heterocycles. The van der Waals surface area contributed by atoms with E-state index in [9.17, 15) is 18.7 Å². The van der Waals surface area contributed by atoms with Gasteiger partial charge in [-0.05, 0) is 103 Å². The third-order valence-corrected chi connectivity index (χ3v) is 13.5. The number of phenols is 1. The third-order valence-electron chi connectivity index (χ3n) is 10.7. The molecule has 0 spiro atoms. The molecule has 3 atom stereocenters. The first kappa shape index (κ1) is 69.9. The maximum Gasteiger partial charge on any atom is 0.350 e. The topological polar surface area (TPSA) is 352 Å². The summed E-state index contributed by atoms with van der Waals surface area (Å²) in [5, 5.41) is 12.7. The maximum atomic E-state index is 14.0. The Hall–Kier alpha value is -5.23. The monoisotopic (exact) mass is 1200 g/mol. The number of hydrogen-bond acceptors (Lipinski definition) is 19. The van der Waals surface area contributed by atoms with Crippen molar-refractivity contribution in [1.82, 2.24) is 44.1 Å². The van der Waals surface area contributed by atoms with Crippen LogP contribution in [0.25, 0.3) is 22.3 Å². The average Bonchev–Trinajstić information content (AvgIpc) is 4.00. The van der Waals surface area contributed by atoms with Gasteiger partial charge in [-0.15, -0.1) is 12.4 Å². The molecule has 0 aliphatic heterocycles. The Morgan fingerprint density at radius 1 is 0.671 bits per heavy atom. The molecule has 0 radical (unpaired) electrons. The summed E-state index contributed by atoms with van der Waals surface area (Å²) in [6, 6.07) is 12.8. The zero-order valence-corrected chi connectivity index (χ0v) is 50.0. The van der Waals surface area contributed by atoms with Gasteiger partial charge in [0.2, 0.25) is 0 Å². The molecule has 1 unspecified atom stereocenters. The van der Waals surface area contributed by atoms with Gasteiger partial charge in [0.05, 0.1) is 51.2 Å². The van der Waals surface area contributed by atoms with Crippen molar-refractivity contribution < 1.29 is 57.1 Å². The number of ether oxygens (including phenoxy) is 4. The van der Waals surface area contributed by atoms with E-state index in [1.807, 2.05) is 6.92 Å². The minimum Gasteiger partial charge on any atom is -0.508 e. The molecule has 440 valence electrons. The lowest BCUT2D eigenvalue weighted by Crippen LogP contribution is -2.47. The number of unbranched alkanes of at least 4 members (excludes halogenated alkanes) is 6. The molecule has 4 heterocycles. The number of rotatable bonds is 26. The van der Waals surface area contributed by atoms with Crippen molar-refractivity contribution in [3.05, 3.63) is 83.9 Å². The summed E-state index contributed by atoms with van der Waals surface area (Å²) in [7, 11) is -7.93. The second-order valence-electron chi connectivity index (χ2n) is 19.1. The molecule has 10 N–H and O–H groups in total. The number of esters is 2. The number of carbonyl (C=O) groups is 2. The van der Waals surface area contributed by atoms with Gasteiger partial charge >= 0.3 is 27.1 Å². The Balaban J connectivity index is 0.000000428. The molecule has 0 aliphatic carbocycles. The summed E-state index contributed by atoms with van der Waals surface area (Å²) in [6.45, 7) is 15.8. The summed E-state index contributed by atoms with van der Waals surface area (Å²) in [4.78, 5) is 65.8. The number of benzene rings is 2. The molecule has 6 aromatic rings. The van der Waals surface area contributed by atoms with E-state index in [1.165, 1.54) is 31.8 Å². The van der Waals surface area contributed by atoms with Gasteiger partial charge in [0.25, 0.3) is 0 Å². The number of carbonyl (C=O) groups excluding carboxylic acids is 2. The van der Waals surface area contributed by atoms with Gasteiger partial charge < -0.3 is 64.7 Å². The SMILES string of the molecule is CCCCCCOC(=O)C(C)(C)N.CCCCCCOC(=O)C(C)(C)NP(=O)(CO[C@H](C)Cn1cnc2c(N)ncnc21)Oc1ccc(Cl)cc1.C[C@H](Cn1cnc2c(N)ncnc21)OCP(=O)(O)O.Cl.Oc1ccc(Cl)cc1. The van der Waals surface area contributed by atoms with Crippen LogP contribution in [0.3, 0.4) is 0 Å². The number of nitrogens with zero attached hydrogens (tertiary/aromatic N) is 8. The minimum absolute atomic E-state index is 0. The quantitative estimate of drug-likeness (QED) is 0.0151. The molecule has 0 aliphatic rings. The molecular weight excluding hydrogens is 1130 g/mol. The van der Waals surface area contributed by atoms with Crippen LogP contribution >= 0.6 is 50.7 Å². The average molecular weight is 1210 g/mol. The number of hydrogen-bond donors (Lipinski definition) is 7. The first-order valence-electron chi connectivity index (χ1n) is 25.2. The van der Waals surface area contributed by atoms with E-state index in [-0.39, 0.29) is 42.1 Å². The number of nitrogens with one attached hydrogen (secondary N) is 1. The molecule has 0 saturated heterocycles. The second-order valence-corrected chi connectivity index (χ2v) is 23.6. The zero-order chi connectivity index (χ0) is 58.1. The third kappa shape index (κ3) is 26.3. The second kappa shape index (κ2) is 34.1. The molecule has 2 aromatic carbocycles. The van der Waals surface area contributed by atoms with Crippen LogP contribution in [-0.4, -0.2) is 115 Å². The van der Waals surface area contributed by atoms with Crippen LogP contribution in [0.1, 0.15) is 107 Å². The molecule has 29 heteroatoms. The van der Waals surface area contributed by atoms with Gasteiger partial charge in [-0.25, -0.2) is 35.0 Å². The lowest BCUT2D eigenvalue weighted by Gasteiger charge is -2.30. The normalized spacial score (nSPS) is 13.0. The fourth-order valence-corrected chi connectivity index (χ4v) is 9.31. The van der Waals surface area contributed by atoms with Gasteiger partial charge in [-0.1, -0.05) is 75.6 Å². The highest BCUT2D eigenvalue weighted by Gasteiger charge is 2.39. The lowest BCUT2D eigenvalue weighted by atomic mass is 10.1. The van der Waals surface area contributed by atoms with Gasteiger partial charge in [0, 0.05) is 10.0 Å². The largest absolute Gasteiger partial charge is 0.508 e. The fraction of sp³-hybridized carbons (Fsp3) is 0.520. The highest BCUT2D eigenvalue weighted by molar-refractivity contribution is 7.57. The molecule has 0 fully saturated rings. The summed E-state index contributed by atoms with van der Waals surface area (Å²) in [5.74, 6) is 0.292. The molecule has 0 saturated carbocycles. The Kier molecular flexibility index (Phi) is 30.2. The summed E-state index contributed by atoms with van der Waals surface area (Å²) in [5.41, 5.74) is 17.0. The number of nitrogen functional groups attached to an aromatic ring is 2. The molecule has 79 heavy (non-hydrogen) atoms. The van der Waals surface area contributed by atoms with Crippen LogP contribution in [-0.2, 0) is 50.8 Å². The molecule has 24 nitrogen and oxygen atoms in total. The number of anilines is 2. The first-order chi connectivity index (χ1) is 36.7. The number of fused-ring (bicyclic) bond motifs is 2. The van der Waals surface area contributed by atoms with Crippen molar-refractivity contribution in [1.29, 1.82) is 0 Å². The van der Waals surface area contributed by atoms with Crippen molar-refractivity contribution in [3.8, 4) is 11.5 Å². The van der Waals surface area contributed by atoms with Crippen molar-refractivity contribution in [2.24, 2.45) is 5.73 Å². The van der Waals surface area contributed by atoms with Crippen molar-refractivity contribution in [3.63, 3.8) is 0 Å². The van der Waals surface area contributed by atoms with Crippen LogP contribution in [0.2, 0.25) is 10.0 Å². The van der Waals surface area contributed by atoms with Crippen molar-refractivity contribution in [2.45, 2.75) is 143 Å². The van der Waals surface area contributed by atoms with E-state index in [0.29, 0.717) is 64.4 Å². The number of nitrogens with two attached hydrogens (primary N) is 3. The number of halogens is 3. The van der Waals surface area contributed by atoms with E-state index in [2.05, 4.69) is 48.8 Å². The first-order valence-corrected chi connectivity index (χ1v) is 29.5.